The molecule has 0 spiro atoms. The van der Waals surface area contributed by atoms with Gasteiger partial charge in [-0.25, -0.2) is 0 Å². The molecule has 0 unspecified atom stereocenters. The Kier molecular flexibility index (Phi) is 5.57. The highest BCUT2D eigenvalue weighted by molar-refractivity contribution is 5.41. The van der Waals surface area contributed by atoms with Crippen LogP contribution in [0, 0.1) is 0 Å². The molecule has 1 aromatic carbocycles. The van der Waals surface area contributed by atoms with Gasteiger partial charge in [0.2, 0.25) is 0 Å². The first-order valence-corrected chi connectivity index (χ1v) is 5.78. The molecule has 0 amide bonds. The van der Waals surface area contributed by atoms with E-state index < -0.39 is 6.10 Å². The number of ether oxygens (including phenoxy) is 2. The molecular weight excluding hydrogens is 216 g/mol. The van der Waals surface area contributed by atoms with E-state index in [4.69, 9.17) is 9.47 Å². The summed E-state index contributed by atoms with van der Waals surface area (Å²) in [5.74, 6) is 1.41. The average Bonchev–Trinajstić information content (AvgIpc) is 2.34. The van der Waals surface area contributed by atoms with Gasteiger partial charge < -0.3 is 14.6 Å². The van der Waals surface area contributed by atoms with E-state index >= 15 is 0 Å². The third-order valence-electron chi connectivity index (χ3n) is 2.48. The van der Waals surface area contributed by atoms with Crippen LogP contribution in [0.25, 0.3) is 0 Å². The number of aliphatic hydroxyl groups is 1. The number of unbranched alkanes of at least 4 members (excludes halogenated alkanes) is 1. The van der Waals surface area contributed by atoms with Gasteiger partial charge in [0.25, 0.3) is 0 Å². The maximum absolute atomic E-state index is 9.63. The summed E-state index contributed by atoms with van der Waals surface area (Å²) in [7, 11) is 1.61. The molecule has 0 bridgehead atoms. The summed E-state index contributed by atoms with van der Waals surface area (Å²) in [4.78, 5) is 0. The molecule has 0 saturated carbocycles. The first-order chi connectivity index (χ1) is 8.19. The van der Waals surface area contributed by atoms with Crippen molar-refractivity contribution in [3.8, 4) is 11.5 Å². The van der Waals surface area contributed by atoms with Crippen LogP contribution in [0.4, 0.5) is 0 Å². The molecule has 0 saturated heterocycles. The standard InChI is InChI=1S/C14H20O3/c1-4-5-6-9-17-14-10-12(16-3)7-8-13(14)11(2)15/h4,7-8,10-11,15H,1,5-6,9H2,2-3H3/t11-/m0/s1. The van der Waals surface area contributed by atoms with E-state index in [1.165, 1.54) is 0 Å². The minimum Gasteiger partial charge on any atom is -0.497 e. The second kappa shape index (κ2) is 6.97. The van der Waals surface area contributed by atoms with Crippen molar-refractivity contribution in [2.24, 2.45) is 0 Å². The fourth-order valence-electron chi connectivity index (χ4n) is 1.52. The first-order valence-electron chi connectivity index (χ1n) is 5.78. The van der Waals surface area contributed by atoms with Gasteiger partial charge in [-0.15, -0.1) is 6.58 Å². The van der Waals surface area contributed by atoms with Crippen LogP contribution in [0.3, 0.4) is 0 Å². The maximum Gasteiger partial charge on any atom is 0.128 e. The van der Waals surface area contributed by atoms with Gasteiger partial charge in [0, 0.05) is 11.6 Å². The molecular formula is C14H20O3. The van der Waals surface area contributed by atoms with Crippen molar-refractivity contribution < 1.29 is 14.6 Å². The number of methoxy groups -OCH3 is 1. The van der Waals surface area contributed by atoms with Gasteiger partial charge in [0.15, 0.2) is 0 Å². The van der Waals surface area contributed by atoms with Crippen LogP contribution in [-0.2, 0) is 0 Å². The molecule has 1 rings (SSSR count). The van der Waals surface area contributed by atoms with Crippen molar-refractivity contribution in [2.75, 3.05) is 13.7 Å². The number of benzene rings is 1. The number of hydrogen-bond donors (Lipinski definition) is 1. The van der Waals surface area contributed by atoms with Crippen molar-refractivity contribution in [3.05, 3.63) is 36.4 Å². The summed E-state index contributed by atoms with van der Waals surface area (Å²) >= 11 is 0. The maximum atomic E-state index is 9.63. The number of hydrogen-bond acceptors (Lipinski definition) is 3. The average molecular weight is 236 g/mol. The lowest BCUT2D eigenvalue weighted by Gasteiger charge is -2.14. The highest BCUT2D eigenvalue weighted by Crippen LogP contribution is 2.29. The molecule has 0 radical (unpaired) electrons. The Morgan fingerprint density at radius 2 is 2.24 bits per heavy atom. The molecule has 0 aliphatic heterocycles. The Bertz CT molecular complexity index is 358. The Morgan fingerprint density at radius 3 is 2.82 bits per heavy atom. The third-order valence-corrected chi connectivity index (χ3v) is 2.48. The van der Waals surface area contributed by atoms with Crippen LogP contribution < -0.4 is 9.47 Å². The lowest BCUT2D eigenvalue weighted by molar-refractivity contribution is 0.190. The largest absolute Gasteiger partial charge is 0.497 e. The topological polar surface area (TPSA) is 38.7 Å². The second-order valence-corrected chi connectivity index (χ2v) is 3.86. The predicted octanol–water partition coefficient (Wildman–Crippen LogP) is 3.09. The fraction of sp³-hybridized carbons (Fsp3) is 0.429. The van der Waals surface area contributed by atoms with E-state index in [0.29, 0.717) is 12.4 Å². The number of rotatable bonds is 7. The second-order valence-electron chi connectivity index (χ2n) is 3.86. The van der Waals surface area contributed by atoms with E-state index in [-0.39, 0.29) is 0 Å². The first kappa shape index (κ1) is 13.6. The zero-order chi connectivity index (χ0) is 12.7. The zero-order valence-corrected chi connectivity index (χ0v) is 10.5. The molecule has 0 heterocycles. The monoisotopic (exact) mass is 236 g/mol. The Balaban J connectivity index is 2.74. The highest BCUT2D eigenvalue weighted by Gasteiger charge is 2.10. The van der Waals surface area contributed by atoms with Crippen LogP contribution in [0.15, 0.2) is 30.9 Å². The van der Waals surface area contributed by atoms with Crippen molar-refractivity contribution in [1.29, 1.82) is 0 Å². The van der Waals surface area contributed by atoms with Crippen LogP contribution in [0.1, 0.15) is 31.4 Å². The summed E-state index contributed by atoms with van der Waals surface area (Å²) < 4.78 is 10.8. The van der Waals surface area contributed by atoms with Gasteiger partial charge >= 0.3 is 0 Å². The molecule has 1 aromatic rings. The van der Waals surface area contributed by atoms with E-state index in [9.17, 15) is 5.11 Å². The Labute approximate surface area is 103 Å². The van der Waals surface area contributed by atoms with E-state index in [0.717, 1.165) is 24.2 Å². The lowest BCUT2D eigenvalue weighted by atomic mass is 10.1. The quantitative estimate of drug-likeness (QED) is 0.584. The summed E-state index contributed by atoms with van der Waals surface area (Å²) in [6, 6.07) is 5.45. The molecule has 0 aliphatic carbocycles. The molecule has 17 heavy (non-hydrogen) atoms. The third kappa shape index (κ3) is 4.11. The lowest BCUT2D eigenvalue weighted by Crippen LogP contribution is -2.02. The predicted molar refractivity (Wildman–Crippen MR) is 68.6 cm³/mol. The molecule has 0 fully saturated rings. The minimum absolute atomic E-state index is 0.546. The molecule has 0 aromatic heterocycles. The van der Waals surface area contributed by atoms with E-state index in [2.05, 4.69) is 6.58 Å². The van der Waals surface area contributed by atoms with Crippen molar-refractivity contribution in [2.45, 2.75) is 25.9 Å². The number of aliphatic hydroxyl groups excluding tert-OH is 1. The van der Waals surface area contributed by atoms with Gasteiger partial charge in [0.05, 0.1) is 19.8 Å². The highest BCUT2D eigenvalue weighted by atomic mass is 16.5. The summed E-state index contributed by atoms with van der Waals surface area (Å²) in [5, 5.41) is 9.63. The van der Waals surface area contributed by atoms with Crippen LogP contribution in [0.2, 0.25) is 0 Å². The van der Waals surface area contributed by atoms with Crippen molar-refractivity contribution >= 4 is 0 Å². The van der Waals surface area contributed by atoms with E-state index in [1.54, 1.807) is 20.1 Å². The molecule has 0 aliphatic rings. The molecule has 3 heteroatoms. The van der Waals surface area contributed by atoms with Crippen LogP contribution >= 0.6 is 0 Å². The summed E-state index contributed by atoms with van der Waals surface area (Å²) in [6.45, 7) is 5.99. The van der Waals surface area contributed by atoms with E-state index in [1.807, 2.05) is 18.2 Å². The van der Waals surface area contributed by atoms with Gasteiger partial charge in [-0.1, -0.05) is 6.08 Å². The number of allylic oxidation sites excluding steroid dienone is 1. The summed E-state index contributed by atoms with van der Waals surface area (Å²) in [5.41, 5.74) is 0.782. The zero-order valence-electron chi connectivity index (χ0n) is 10.5. The van der Waals surface area contributed by atoms with Gasteiger partial charge in [-0.3, -0.25) is 0 Å². The van der Waals surface area contributed by atoms with Crippen molar-refractivity contribution in [1.82, 2.24) is 0 Å². The Morgan fingerprint density at radius 1 is 1.47 bits per heavy atom. The normalized spacial score (nSPS) is 11.9. The van der Waals surface area contributed by atoms with Crippen LogP contribution in [0.5, 0.6) is 11.5 Å². The van der Waals surface area contributed by atoms with Crippen LogP contribution in [-0.4, -0.2) is 18.8 Å². The molecule has 1 N–H and O–H groups in total. The van der Waals surface area contributed by atoms with Gasteiger partial charge in [-0.05, 0) is 31.9 Å². The van der Waals surface area contributed by atoms with Gasteiger partial charge in [0.1, 0.15) is 11.5 Å². The Hall–Kier alpha value is -1.48. The molecule has 1 atom stereocenters. The fourth-order valence-corrected chi connectivity index (χ4v) is 1.52. The molecule has 3 nitrogen and oxygen atoms in total. The SMILES string of the molecule is C=CCCCOc1cc(OC)ccc1[C@H](C)O. The van der Waals surface area contributed by atoms with Crippen molar-refractivity contribution in [3.63, 3.8) is 0 Å². The smallest absolute Gasteiger partial charge is 0.128 e. The minimum atomic E-state index is -0.546. The summed E-state index contributed by atoms with van der Waals surface area (Å²) in [6.07, 6.45) is 3.16. The van der Waals surface area contributed by atoms with Gasteiger partial charge in [-0.2, -0.15) is 0 Å². The molecule has 94 valence electrons.